The maximum Gasteiger partial charge on any atom is 0.220 e. The highest BCUT2D eigenvalue weighted by Gasteiger charge is 2.00. The van der Waals surface area contributed by atoms with Crippen LogP contribution in [0.4, 0.5) is 0 Å². The Hall–Kier alpha value is -1.32. The molecule has 0 spiro atoms. The minimum atomic E-state index is 0.120. The standard InChI is InChI=1S/C10H16N3O/c1-3-11-10(14)5-4-7-13-8-6-12-9(13)2/h8H,3-5,7H2,1-2H3,(H,11,14). The molecule has 14 heavy (non-hydrogen) atoms. The van der Waals surface area contributed by atoms with E-state index in [2.05, 4.69) is 16.5 Å². The van der Waals surface area contributed by atoms with E-state index in [1.165, 1.54) is 0 Å². The molecule has 1 amide bonds. The molecule has 0 fully saturated rings. The number of aryl methyl sites for hydroxylation is 2. The maximum absolute atomic E-state index is 11.1. The molecule has 0 unspecified atom stereocenters. The van der Waals surface area contributed by atoms with Crippen LogP contribution < -0.4 is 5.32 Å². The van der Waals surface area contributed by atoms with Crippen LogP contribution in [0.1, 0.15) is 25.6 Å². The zero-order valence-corrected chi connectivity index (χ0v) is 8.71. The van der Waals surface area contributed by atoms with Gasteiger partial charge in [0.2, 0.25) is 5.91 Å². The molecule has 1 heterocycles. The second-order valence-corrected chi connectivity index (χ2v) is 3.17. The molecular formula is C10H16N3O. The van der Waals surface area contributed by atoms with Crippen LogP contribution in [0.15, 0.2) is 6.20 Å². The highest BCUT2D eigenvalue weighted by Crippen LogP contribution is 1.99. The first kappa shape index (κ1) is 10.8. The van der Waals surface area contributed by atoms with Crippen molar-refractivity contribution in [3.63, 3.8) is 0 Å². The fraction of sp³-hybridized carbons (Fsp3) is 0.600. The lowest BCUT2D eigenvalue weighted by molar-refractivity contribution is -0.121. The van der Waals surface area contributed by atoms with Gasteiger partial charge in [0, 0.05) is 25.7 Å². The van der Waals surface area contributed by atoms with E-state index in [0.717, 1.165) is 18.8 Å². The number of hydrogen-bond acceptors (Lipinski definition) is 2. The summed E-state index contributed by atoms with van der Waals surface area (Å²) in [5.41, 5.74) is 0. The maximum atomic E-state index is 11.1. The van der Waals surface area contributed by atoms with E-state index in [9.17, 15) is 4.79 Å². The van der Waals surface area contributed by atoms with E-state index in [1.807, 2.05) is 24.6 Å². The molecule has 0 bridgehead atoms. The Balaban J connectivity index is 2.22. The molecule has 77 valence electrons. The van der Waals surface area contributed by atoms with Crippen LogP contribution in [-0.4, -0.2) is 22.0 Å². The Morgan fingerprint density at radius 3 is 3.07 bits per heavy atom. The third kappa shape index (κ3) is 3.20. The fourth-order valence-electron chi connectivity index (χ4n) is 1.27. The Labute approximate surface area is 84.3 Å². The van der Waals surface area contributed by atoms with Crippen LogP contribution in [0.25, 0.3) is 0 Å². The van der Waals surface area contributed by atoms with Crippen molar-refractivity contribution in [2.45, 2.75) is 33.2 Å². The number of amides is 1. The number of nitrogens with one attached hydrogen (secondary N) is 1. The van der Waals surface area contributed by atoms with Gasteiger partial charge < -0.3 is 9.88 Å². The van der Waals surface area contributed by atoms with E-state index < -0.39 is 0 Å². The molecule has 1 aromatic heterocycles. The van der Waals surface area contributed by atoms with Gasteiger partial charge in [0.05, 0.1) is 0 Å². The average Bonchev–Trinajstić information content (AvgIpc) is 2.52. The summed E-state index contributed by atoms with van der Waals surface area (Å²) in [5.74, 6) is 1.06. The number of rotatable bonds is 5. The highest BCUT2D eigenvalue weighted by atomic mass is 16.1. The third-order valence-electron chi connectivity index (χ3n) is 2.03. The lowest BCUT2D eigenvalue weighted by Crippen LogP contribution is -2.22. The van der Waals surface area contributed by atoms with Crippen molar-refractivity contribution in [3.05, 3.63) is 18.2 Å². The van der Waals surface area contributed by atoms with Gasteiger partial charge >= 0.3 is 0 Å². The first-order valence-corrected chi connectivity index (χ1v) is 4.90. The molecule has 1 rings (SSSR count). The third-order valence-corrected chi connectivity index (χ3v) is 2.03. The molecule has 0 saturated carbocycles. The molecule has 0 aromatic carbocycles. The van der Waals surface area contributed by atoms with Crippen LogP contribution in [-0.2, 0) is 11.3 Å². The minimum Gasteiger partial charge on any atom is -0.356 e. The van der Waals surface area contributed by atoms with Crippen molar-refractivity contribution in [2.75, 3.05) is 6.54 Å². The molecule has 0 saturated heterocycles. The number of nitrogens with zero attached hydrogens (tertiary/aromatic N) is 2. The second kappa shape index (κ2) is 5.42. The van der Waals surface area contributed by atoms with E-state index in [1.54, 1.807) is 0 Å². The summed E-state index contributed by atoms with van der Waals surface area (Å²) < 4.78 is 2.00. The van der Waals surface area contributed by atoms with Gasteiger partial charge in [0.25, 0.3) is 0 Å². The van der Waals surface area contributed by atoms with Crippen molar-refractivity contribution in [2.24, 2.45) is 0 Å². The molecule has 0 aliphatic carbocycles. The van der Waals surface area contributed by atoms with Crippen molar-refractivity contribution in [1.29, 1.82) is 0 Å². The van der Waals surface area contributed by atoms with Crippen molar-refractivity contribution in [3.8, 4) is 0 Å². The van der Waals surface area contributed by atoms with E-state index in [4.69, 9.17) is 0 Å². The first-order valence-electron chi connectivity index (χ1n) is 4.90. The van der Waals surface area contributed by atoms with Crippen LogP contribution in [0.3, 0.4) is 0 Å². The lowest BCUT2D eigenvalue weighted by Gasteiger charge is -2.04. The number of carbonyl (C=O) groups is 1. The predicted molar refractivity (Wildman–Crippen MR) is 53.7 cm³/mol. The number of imidazole rings is 1. The molecule has 0 atom stereocenters. The van der Waals surface area contributed by atoms with Crippen LogP contribution >= 0.6 is 0 Å². The van der Waals surface area contributed by atoms with Gasteiger partial charge in [-0.1, -0.05) is 0 Å². The van der Waals surface area contributed by atoms with Crippen molar-refractivity contribution >= 4 is 5.91 Å². The molecular weight excluding hydrogens is 178 g/mol. The van der Waals surface area contributed by atoms with Crippen molar-refractivity contribution < 1.29 is 4.79 Å². The smallest absolute Gasteiger partial charge is 0.220 e. The predicted octanol–water partition coefficient (Wildman–Crippen LogP) is 0.908. The minimum absolute atomic E-state index is 0.120. The summed E-state index contributed by atoms with van der Waals surface area (Å²) in [4.78, 5) is 15.1. The summed E-state index contributed by atoms with van der Waals surface area (Å²) in [7, 11) is 0. The van der Waals surface area contributed by atoms with Crippen molar-refractivity contribution in [1.82, 2.24) is 14.9 Å². The van der Waals surface area contributed by atoms with Gasteiger partial charge in [-0.15, -0.1) is 0 Å². The number of hydrogen-bond donors (Lipinski definition) is 1. The Bertz CT molecular complexity index is 293. The SMILES string of the molecule is CCNC(=O)CCCn1c[c]nc1C. The highest BCUT2D eigenvalue weighted by molar-refractivity contribution is 5.75. The monoisotopic (exact) mass is 194 g/mol. The van der Waals surface area contributed by atoms with E-state index >= 15 is 0 Å². The first-order chi connectivity index (χ1) is 6.74. The van der Waals surface area contributed by atoms with Gasteiger partial charge in [-0.05, 0) is 20.3 Å². The van der Waals surface area contributed by atoms with Gasteiger partial charge in [-0.2, -0.15) is 0 Å². The topological polar surface area (TPSA) is 46.9 Å². The fourth-order valence-corrected chi connectivity index (χ4v) is 1.27. The van der Waals surface area contributed by atoms with Crippen LogP contribution in [0.5, 0.6) is 0 Å². The van der Waals surface area contributed by atoms with Gasteiger partial charge in [0.1, 0.15) is 12.0 Å². The summed E-state index contributed by atoms with van der Waals surface area (Å²) in [6.07, 6.45) is 6.01. The molecule has 1 aromatic rings. The van der Waals surface area contributed by atoms with Crippen LogP contribution in [0, 0.1) is 13.1 Å². The number of carbonyl (C=O) groups excluding carboxylic acids is 1. The second-order valence-electron chi connectivity index (χ2n) is 3.17. The van der Waals surface area contributed by atoms with E-state index in [-0.39, 0.29) is 5.91 Å². The normalized spacial score (nSPS) is 10.1. The quantitative estimate of drug-likeness (QED) is 0.757. The van der Waals surface area contributed by atoms with E-state index in [0.29, 0.717) is 13.0 Å². The summed E-state index contributed by atoms with van der Waals surface area (Å²) >= 11 is 0. The zero-order valence-electron chi connectivity index (χ0n) is 8.71. The number of aromatic nitrogens is 2. The summed E-state index contributed by atoms with van der Waals surface area (Å²) in [5, 5.41) is 2.77. The molecule has 1 radical (unpaired) electrons. The molecule has 4 heteroatoms. The van der Waals surface area contributed by atoms with Crippen LogP contribution in [0.2, 0.25) is 0 Å². The molecule has 0 aliphatic rings. The summed E-state index contributed by atoms with van der Waals surface area (Å²) in [6, 6.07) is 0. The van der Waals surface area contributed by atoms with Gasteiger partial charge in [-0.3, -0.25) is 4.79 Å². The average molecular weight is 194 g/mol. The molecule has 1 N–H and O–H groups in total. The Morgan fingerprint density at radius 1 is 1.71 bits per heavy atom. The zero-order chi connectivity index (χ0) is 10.4. The molecule has 0 aliphatic heterocycles. The largest absolute Gasteiger partial charge is 0.356 e. The van der Waals surface area contributed by atoms with Gasteiger partial charge in [0.15, 0.2) is 0 Å². The molecule has 4 nitrogen and oxygen atoms in total. The van der Waals surface area contributed by atoms with Gasteiger partial charge in [-0.25, -0.2) is 4.98 Å². The summed E-state index contributed by atoms with van der Waals surface area (Å²) in [6.45, 7) is 5.39. The Morgan fingerprint density at radius 2 is 2.50 bits per heavy atom. The lowest BCUT2D eigenvalue weighted by atomic mass is 10.3. The Kier molecular flexibility index (Phi) is 4.16.